The summed E-state index contributed by atoms with van der Waals surface area (Å²) in [5.41, 5.74) is 7.43. The van der Waals surface area contributed by atoms with E-state index in [4.69, 9.17) is 5.73 Å². The van der Waals surface area contributed by atoms with Gasteiger partial charge in [0.2, 0.25) is 0 Å². The second-order valence-electron chi connectivity index (χ2n) is 2.43. The molecular formula is C8H8N3Y-. The first-order valence-corrected chi connectivity index (χ1v) is 3.37. The molecule has 4 heteroatoms. The molecule has 1 radical (unpaired) electrons. The zero-order chi connectivity index (χ0) is 7.84. The van der Waals surface area contributed by atoms with Crippen LogP contribution >= 0.6 is 0 Å². The SMILES string of the molecule is Cn1c(N)nc2[c-]cccc21.[Y]. The van der Waals surface area contributed by atoms with E-state index in [9.17, 15) is 0 Å². The summed E-state index contributed by atoms with van der Waals surface area (Å²) in [7, 11) is 1.89. The summed E-state index contributed by atoms with van der Waals surface area (Å²) in [6.07, 6.45) is 0. The van der Waals surface area contributed by atoms with Gasteiger partial charge < -0.3 is 10.3 Å². The Morgan fingerprint density at radius 1 is 1.58 bits per heavy atom. The van der Waals surface area contributed by atoms with E-state index in [2.05, 4.69) is 11.1 Å². The topological polar surface area (TPSA) is 43.8 Å². The van der Waals surface area contributed by atoms with E-state index < -0.39 is 0 Å². The first-order valence-electron chi connectivity index (χ1n) is 3.37. The fraction of sp³-hybridized carbons (Fsp3) is 0.125. The predicted octanol–water partition coefficient (Wildman–Crippen LogP) is 0.953. The molecule has 12 heavy (non-hydrogen) atoms. The maximum absolute atomic E-state index is 5.58. The third-order valence-corrected chi connectivity index (χ3v) is 1.74. The number of aromatic nitrogens is 2. The molecule has 0 aliphatic carbocycles. The fourth-order valence-corrected chi connectivity index (χ4v) is 1.09. The van der Waals surface area contributed by atoms with E-state index in [0.29, 0.717) is 5.95 Å². The number of hydrogen-bond acceptors (Lipinski definition) is 2. The number of nitrogens with two attached hydrogens (primary N) is 1. The van der Waals surface area contributed by atoms with Crippen LogP contribution in [0.4, 0.5) is 5.95 Å². The number of imidazole rings is 1. The van der Waals surface area contributed by atoms with Crippen molar-refractivity contribution in [2.45, 2.75) is 0 Å². The Morgan fingerprint density at radius 2 is 2.33 bits per heavy atom. The zero-order valence-corrected chi connectivity index (χ0v) is 9.62. The molecule has 1 heterocycles. The summed E-state index contributed by atoms with van der Waals surface area (Å²) in [6, 6.07) is 8.72. The Labute approximate surface area is 95.8 Å². The molecule has 0 fully saturated rings. The molecule has 0 saturated carbocycles. The van der Waals surface area contributed by atoms with E-state index in [1.807, 2.05) is 29.8 Å². The van der Waals surface area contributed by atoms with E-state index in [0.717, 1.165) is 11.0 Å². The molecule has 0 unspecified atom stereocenters. The second kappa shape index (κ2) is 3.54. The van der Waals surface area contributed by atoms with E-state index in [-0.39, 0.29) is 32.7 Å². The molecule has 0 amide bonds. The average Bonchev–Trinajstić information content (AvgIpc) is 2.30. The first-order chi connectivity index (χ1) is 5.29. The Bertz CT molecular complexity index is 394. The third kappa shape index (κ3) is 1.39. The number of nitrogens with zero attached hydrogens (tertiary/aromatic N) is 2. The quantitative estimate of drug-likeness (QED) is 0.691. The summed E-state index contributed by atoms with van der Waals surface area (Å²) in [6.45, 7) is 0. The van der Waals surface area contributed by atoms with Gasteiger partial charge >= 0.3 is 0 Å². The fourth-order valence-electron chi connectivity index (χ4n) is 1.09. The number of rotatable bonds is 0. The van der Waals surface area contributed by atoms with Gasteiger partial charge in [0, 0.05) is 39.8 Å². The Kier molecular flexibility index (Phi) is 2.86. The van der Waals surface area contributed by atoms with Crippen molar-refractivity contribution < 1.29 is 32.7 Å². The molecule has 1 aromatic heterocycles. The molecule has 0 saturated heterocycles. The summed E-state index contributed by atoms with van der Waals surface area (Å²) in [4.78, 5) is 4.10. The molecule has 3 nitrogen and oxygen atoms in total. The van der Waals surface area contributed by atoms with Gasteiger partial charge in [-0.3, -0.25) is 0 Å². The molecule has 0 bridgehead atoms. The smallest absolute Gasteiger partial charge is 0.187 e. The molecule has 0 aliphatic rings. The molecule has 59 valence electrons. The molecular weight excluding hydrogens is 227 g/mol. The van der Waals surface area contributed by atoms with Crippen LogP contribution < -0.4 is 5.73 Å². The molecule has 0 aliphatic heterocycles. The van der Waals surface area contributed by atoms with Crippen LogP contribution in [0.25, 0.3) is 11.0 Å². The van der Waals surface area contributed by atoms with Gasteiger partial charge in [-0.1, -0.05) is 0 Å². The van der Waals surface area contributed by atoms with Crippen LogP contribution in [0.2, 0.25) is 0 Å². The zero-order valence-electron chi connectivity index (χ0n) is 6.78. The summed E-state index contributed by atoms with van der Waals surface area (Å²) in [5, 5.41) is 0. The van der Waals surface area contributed by atoms with Crippen LogP contribution in [0.15, 0.2) is 18.2 Å². The van der Waals surface area contributed by atoms with E-state index >= 15 is 0 Å². The molecule has 2 rings (SSSR count). The van der Waals surface area contributed by atoms with Gasteiger partial charge in [-0.05, 0) is 11.0 Å². The summed E-state index contributed by atoms with van der Waals surface area (Å²) >= 11 is 0. The minimum absolute atomic E-state index is 0. The van der Waals surface area contributed by atoms with Gasteiger partial charge in [0.05, 0.1) is 0 Å². The van der Waals surface area contributed by atoms with Gasteiger partial charge in [0.1, 0.15) is 0 Å². The Morgan fingerprint density at radius 3 is 3.00 bits per heavy atom. The number of aryl methyl sites for hydroxylation is 1. The standard InChI is InChI=1S/C8H8N3.Y/c1-11-7-5-3-2-4-6(7)10-8(11)9;/h2-3,5H,1H3,(H2,9,10);/q-1;. The third-order valence-electron chi connectivity index (χ3n) is 1.74. The van der Waals surface area contributed by atoms with E-state index in [1.54, 1.807) is 0 Å². The van der Waals surface area contributed by atoms with Crippen LogP contribution in [0.3, 0.4) is 0 Å². The number of hydrogen-bond donors (Lipinski definition) is 1. The number of fused-ring (bicyclic) bond motifs is 1. The van der Waals surface area contributed by atoms with Gasteiger partial charge in [0.25, 0.3) is 0 Å². The number of benzene rings is 1. The summed E-state index contributed by atoms with van der Waals surface area (Å²) < 4.78 is 1.84. The largest absolute Gasteiger partial charge is 0.370 e. The maximum atomic E-state index is 5.58. The van der Waals surface area contributed by atoms with Crippen molar-refractivity contribution >= 4 is 17.0 Å². The summed E-state index contributed by atoms with van der Waals surface area (Å²) in [5.74, 6) is 0.530. The van der Waals surface area contributed by atoms with Crippen LogP contribution in [0, 0.1) is 6.07 Å². The first kappa shape index (κ1) is 9.68. The minimum atomic E-state index is 0. The number of nitrogen functional groups attached to an aromatic ring is 1. The number of para-hydroxylation sites is 1. The van der Waals surface area contributed by atoms with Crippen molar-refractivity contribution in [3.8, 4) is 0 Å². The van der Waals surface area contributed by atoms with Crippen LogP contribution in [0.5, 0.6) is 0 Å². The van der Waals surface area contributed by atoms with Crippen molar-refractivity contribution in [2.75, 3.05) is 5.73 Å². The molecule has 1 aromatic carbocycles. The van der Waals surface area contributed by atoms with Gasteiger partial charge in [-0.25, -0.2) is 4.98 Å². The normalized spacial score (nSPS) is 9.75. The predicted molar refractivity (Wildman–Crippen MR) is 44.0 cm³/mol. The van der Waals surface area contributed by atoms with E-state index in [1.165, 1.54) is 0 Å². The average molecular weight is 235 g/mol. The van der Waals surface area contributed by atoms with Crippen LogP contribution in [0.1, 0.15) is 0 Å². The van der Waals surface area contributed by atoms with Gasteiger partial charge in [-0.2, -0.15) is 18.2 Å². The van der Waals surface area contributed by atoms with Crippen LogP contribution in [-0.4, -0.2) is 9.55 Å². The van der Waals surface area contributed by atoms with Gasteiger partial charge in [-0.15, -0.1) is 6.07 Å². The number of anilines is 1. The molecule has 2 aromatic rings. The van der Waals surface area contributed by atoms with Crippen molar-refractivity contribution in [3.63, 3.8) is 0 Å². The molecule has 0 atom stereocenters. The minimum Gasteiger partial charge on any atom is -0.370 e. The van der Waals surface area contributed by atoms with Crippen molar-refractivity contribution in [2.24, 2.45) is 7.05 Å². The second-order valence-corrected chi connectivity index (χ2v) is 2.43. The van der Waals surface area contributed by atoms with Crippen LogP contribution in [-0.2, 0) is 39.8 Å². The molecule has 0 spiro atoms. The maximum Gasteiger partial charge on any atom is 0.187 e. The van der Waals surface area contributed by atoms with Gasteiger partial charge in [0.15, 0.2) is 5.95 Å². The monoisotopic (exact) mass is 235 g/mol. The van der Waals surface area contributed by atoms with Crippen molar-refractivity contribution in [1.82, 2.24) is 9.55 Å². The molecule has 2 N–H and O–H groups in total. The van der Waals surface area contributed by atoms with Crippen molar-refractivity contribution in [1.29, 1.82) is 0 Å². The Balaban J connectivity index is 0.000000720. The Hall–Kier alpha value is -0.406. The van der Waals surface area contributed by atoms with Crippen molar-refractivity contribution in [3.05, 3.63) is 24.3 Å².